The van der Waals surface area contributed by atoms with Gasteiger partial charge in [-0.25, -0.2) is 24.1 Å². The van der Waals surface area contributed by atoms with Crippen molar-refractivity contribution in [3.8, 4) is 17.1 Å². The van der Waals surface area contributed by atoms with E-state index in [1.54, 1.807) is 31.2 Å². The molecule has 0 radical (unpaired) electrons. The maximum absolute atomic E-state index is 14.4. The molecule has 12 heteroatoms. The van der Waals surface area contributed by atoms with Gasteiger partial charge in [-0.1, -0.05) is 12.1 Å². The lowest BCUT2D eigenvalue weighted by atomic mass is 9.91. The number of aryl methyl sites for hydroxylation is 1. The van der Waals surface area contributed by atoms with Gasteiger partial charge in [0, 0.05) is 24.6 Å². The number of carbonyl (C=O) groups excluding carboxylic acids is 1. The Balaban J connectivity index is 1.46. The monoisotopic (exact) mass is 535 g/mol. The summed E-state index contributed by atoms with van der Waals surface area (Å²) in [7, 11) is 1.51. The number of amidine groups is 1. The summed E-state index contributed by atoms with van der Waals surface area (Å²) in [6.45, 7) is 2.91. The van der Waals surface area contributed by atoms with Gasteiger partial charge in [-0.3, -0.25) is 9.89 Å². The van der Waals surface area contributed by atoms with Crippen molar-refractivity contribution in [3.63, 3.8) is 0 Å². The Bertz CT molecular complexity index is 1420. The molecule has 3 aromatic rings. The van der Waals surface area contributed by atoms with E-state index in [1.165, 1.54) is 19.2 Å². The fourth-order valence-corrected chi connectivity index (χ4v) is 5.03. The highest BCUT2D eigenvalue weighted by Gasteiger charge is 2.29. The van der Waals surface area contributed by atoms with E-state index in [0.29, 0.717) is 59.2 Å². The molecule has 204 valence electrons. The van der Waals surface area contributed by atoms with Gasteiger partial charge in [-0.2, -0.15) is 5.48 Å². The molecular formula is C27H30FN7O4. The second-order valence-corrected chi connectivity index (χ2v) is 9.59. The number of aliphatic hydroxyl groups is 1. The summed E-state index contributed by atoms with van der Waals surface area (Å²) < 4.78 is 19.7. The Morgan fingerprint density at radius 2 is 2.10 bits per heavy atom. The number of nitrogen functional groups attached to an aromatic ring is 1. The average molecular weight is 536 g/mol. The average Bonchev–Trinajstić information content (AvgIpc) is 2.91. The standard InChI is InChI=1S/C27H30FN7O4/c1-15-25-22(33-27(29)30-15)12-21(32-26(25)34-39-24(37)14-35-10-4-5-17(36)13-35)18-9-8-16(28)11-19(18)20-6-3-7-23(31-20)38-2/h3,6-9,11,17,21,36H,4-5,10,12-14H2,1-2H3,(H,32,34)(H2,29,30,33)/t17-,21+/m0/s1. The highest BCUT2D eigenvalue weighted by Crippen LogP contribution is 2.36. The molecule has 1 saturated heterocycles. The second-order valence-electron chi connectivity index (χ2n) is 9.59. The molecule has 4 heterocycles. The Labute approximate surface area is 224 Å². The summed E-state index contributed by atoms with van der Waals surface area (Å²) in [4.78, 5) is 37.9. The first-order valence-corrected chi connectivity index (χ1v) is 12.7. The van der Waals surface area contributed by atoms with Crippen LogP contribution in [0.4, 0.5) is 10.3 Å². The van der Waals surface area contributed by atoms with Crippen molar-refractivity contribution in [1.29, 1.82) is 0 Å². The number of aliphatic imine (C=N–C) groups is 1. The Morgan fingerprint density at radius 1 is 1.26 bits per heavy atom. The van der Waals surface area contributed by atoms with Crippen LogP contribution in [0.15, 0.2) is 41.4 Å². The number of pyridine rings is 1. The minimum atomic E-state index is -0.521. The fourth-order valence-electron chi connectivity index (χ4n) is 5.03. The summed E-state index contributed by atoms with van der Waals surface area (Å²) in [6.07, 6.45) is 1.43. The Kier molecular flexibility index (Phi) is 7.66. The number of aliphatic hydroxyl groups excluding tert-OH is 1. The maximum Gasteiger partial charge on any atom is 0.346 e. The van der Waals surface area contributed by atoms with Crippen LogP contribution in [0.3, 0.4) is 0 Å². The summed E-state index contributed by atoms with van der Waals surface area (Å²) in [6, 6.07) is 9.17. The molecule has 5 rings (SSSR count). The van der Waals surface area contributed by atoms with Crippen LogP contribution < -0.4 is 16.0 Å². The number of benzene rings is 1. The van der Waals surface area contributed by atoms with Crippen molar-refractivity contribution in [1.82, 2.24) is 25.3 Å². The number of fused-ring (bicyclic) bond motifs is 1. The van der Waals surface area contributed by atoms with E-state index in [0.717, 1.165) is 12.8 Å². The third kappa shape index (κ3) is 5.96. The van der Waals surface area contributed by atoms with Crippen molar-refractivity contribution in [2.45, 2.75) is 38.3 Å². The van der Waals surface area contributed by atoms with E-state index in [-0.39, 0.29) is 18.3 Å². The van der Waals surface area contributed by atoms with Gasteiger partial charge in [0.2, 0.25) is 11.8 Å². The van der Waals surface area contributed by atoms with Crippen molar-refractivity contribution in [3.05, 3.63) is 64.7 Å². The van der Waals surface area contributed by atoms with E-state index >= 15 is 0 Å². The summed E-state index contributed by atoms with van der Waals surface area (Å²) in [5.41, 5.74) is 12.2. The fraction of sp³-hybridized carbons (Fsp3) is 0.370. The van der Waals surface area contributed by atoms with Gasteiger partial charge in [-0.05, 0) is 50.1 Å². The quantitative estimate of drug-likeness (QED) is 0.415. The van der Waals surface area contributed by atoms with E-state index in [1.807, 2.05) is 4.90 Å². The number of carbonyl (C=O) groups is 1. The van der Waals surface area contributed by atoms with Crippen LogP contribution in [0.5, 0.6) is 5.88 Å². The number of β-amino-alcohol motifs (C(OH)–C–C–N with tert-alkyl or cyclic N) is 1. The number of nitrogens with two attached hydrogens (primary N) is 1. The third-order valence-corrected chi connectivity index (χ3v) is 6.77. The molecule has 2 aromatic heterocycles. The number of aromatic nitrogens is 3. The van der Waals surface area contributed by atoms with Crippen LogP contribution in [-0.2, 0) is 16.1 Å². The number of halogens is 1. The minimum Gasteiger partial charge on any atom is -0.481 e. The van der Waals surface area contributed by atoms with Crippen molar-refractivity contribution in [2.75, 3.05) is 32.5 Å². The van der Waals surface area contributed by atoms with Gasteiger partial charge >= 0.3 is 5.97 Å². The smallest absolute Gasteiger partial charge is 0.346 e. The number of anilines is 1. The molecule has 0 saturated carbocycles. The molecule has 4 N–H and O–H groups in total. The molecule has 2 atom stereocenters. The van der Waals surface area contributed by atoms with Crippen molar-refractivity contribution in [2.24, 2.45) is 4.99 Å². The van der Waals surface area contributed by atoms with Gasteiger partial charge in [0.05, 0.1) is 48.4 Å². The SMILES string of the molecule is COc1cccc(-c2cc(F)ccc2[C@H]2Cc3nc(N)nc(C)c3C(NOC(=O)CN3CCC[C@H](O)C3)=N2)n1. The zero-order valence-corrected chi connectivity index (χ0v) is 21.7. The Morgan fingerprint density at radius 3 is 2.90 bits per heavy atom. The second kappa shape index (κ2) is 11.3. The zero-order valence-electron chi connectivity index (χ0n) is 21.7. The Hall–Kier alpha value is -4.16. The molecule has 0 amide bonds. The van der Waals surface area contributed by atoms with E-state index in [9.17, 15) is 14.3 Å². The molecule has 0 spiro atoms. The van der Waals surface area contributed by atoms with Crippen LogP contribution in [0.25, 0.3) is 11.3 Å². The number of nitrogens with zero attached hydrogens (tertiary/aromatic N) is 5. The number of hydrogen-bond donors (Lipinski definition) is 3. The maximum atomic E-state index is 14.4. The lowest BCUT2D eigenvalue weighted by Crippen LogP contribution is -2.43. The molecule has 0 bridgehead atoms. The predicted molar refractivity (Wildman–Crippen MR) is 141 cm³/mol. The van der Waals surface area contributed by atoms with Crippen molar-refractivity contribution < 1.29 is 23.9 Å². The van der Waals surface area contributed by atoms with Gasteiger partial charge in [0.1, 0.15) is 5.82 Å². The third-order valence-electron chi connectivity index (χ3n) is 6.77. The van der Waals surface area contributed by atoms with Crippen LogP contribution in [0.2, 0.25) is 0 Å². The van der Waals surface area contributed by atoms with Gasteiger partial charge < -0.3 is 20.4 Å². The number of rotatable bonds is 5. The lowest BCUT2D eigenvalue weighted by molar-refractivity contribution is -0.149. The van der Waals surface area contributed by atoms with Gasteiger partial charge in [0.25, 0.3) is 0 Å². The number of piperidine rings is 1. The molecule has 0 aliphatic carbocycles. The molecular weight excluding hydrogens is 505 g/mol. The molecule has 11 nitrogen and oxygen atoms in total. The summed E-state index contributed by atoms with van der Waals surface area (Å²) in [5.74, 6) is -0.171. The number of methoxy groups -OCH3 is 1. The lowest BCUT2D eigenvalue weighted by Gasteiger charge is -2.29. The molecule has 1 aromatic carbocycles. The van der Waals surface area contributed by atoms with Gasteiger partial charge in [-0.15, -0.1) is 0 Å². The highest BCUT2D eigenvalue weighted by molar-refractivity contribution is 6.01. The largest absolute Gasteiger partial charge is 0.481 e. The molecule has 2 aliphatic heterocycles. The number of likely N-dealkylation sites (tertiary alicyclic amines) is 1. The van der Waals surface area contributed by atoms with Crippen LogP contribution in [0.1, 0.15) is 41.4 Å². The highest BCUT2D eigenvalue weighted by atomic mass is 19.1. The van der Waals surface area contributed by atoms with Crippen LogP contribution >= 0.6 is 0 Å². The first-order chi connectivity index (χ1) is 18.8. The van der Waals surface area contributed by atoms with E-state index in [2.05, 4.69) is 20.4 Å². The normalized spacial score (nSPS) is 19.1. The first-order valence-electron chi connectivity index (χ1n) is 12.7. The zero-order chi connectivity index (χ0) is 27.5. The number of nitrogens with one attached hydrogen (secondary N) is 1. The van der Waals surface area contributed by atoms with Gasteiger partial charge in [0.15, 0.2) is 5.84 Å². The summed E-state index contributed by atoms with van der Waals surface area (Å²) in [5, 5.41) is 9.89. The minimum absolute atomic E-state index is 0.0223. The number of hydroxylamine groups is 1. The van der Waals surface area contributed by atoms with Crippen molar-refractivity contribution >= 4 is 17.8 Å². The molecule has 0 unspecified atom stereocenters. The summed E-state index contributed by atoms with van der Waals surface area (Å²) >= 11 is 0. The molecule has 2 aliphatic rings. The predicted octanol–water partition coefficient (Wildman–Crippen LogP) is 2.13. The molecule has 1 fully saturated rings. The number of ether oxygens (including phenoxy) is 1. The first kappa shape index (κ1) is 26.4. The molecule has 39 heavy (non-hydrogen) atoms. The van der Waals surface area contributed by atoms with Crippen LogP contribution in [-0.4, -0.2) is 69.6 Å². The topological polar surface area (TPSA) is 148 Å². The van der Waals surface area contributed by atoms with E-state index < -0.39 is 23.9 Å². The van der Waals surface area contributed by atoms with Crippen LogP contribution in [0, 0.1) is 12.7 Å². The number of hydrogen-bond acceptors (Lipinski definition) is 11. The van der Waals surface area contributed by atoms with E-state index in [4.69, 9.17) is 20.3 Å².